The monoisotopic (exact) mass is 254 g/mol. The molecule has 0 aromatic rings. The van der Waals surface area contributed by atoms with E-state index in [2.05, 4.69) is 32.6 Å². The predicted molar refractivity (Wildman–Crippen MR) is 76.2 cm³/mol. The van der Waals surface area contributed by atoms with E-state index in [1.807, 2.05) is 0 Å². The summed E-state index contributed by atoms with van der Waals surface area (Å²) in [6.07, 6.45) is 4.19. The summed E-state index contributed by atoms with van der Waals surface area (Å²) in [5, 5.41) is 0. The van der Waals surface area contributed by atoms with Crippen molar-refractivity contribution in [1.29, 1.82) is 0 Å². The fourth-order valence-electron chi connectivity index (χ4n) is 2.47. The Bertz CT molecular complexity index is 274. The molecule has 3 heteroatoms. The van der Waals surface area contributed by atoms with Crippen LogP contribution in [0.4, 0.5) is 0 Å². The normalized spacial score (nSPS) is 21.1. The van der Waals surface area contributed by atoms with E-state index in [4.69, 9.17) is 5.73 Å². The summed E-state index contributed by atoms with van der Waals surface area (Å²) in [5.74, 6) is 1.54. The van der Waals surface area contributed by atoms with Crippen LogP contribution < -0.4 is 5.73 Å². The number of hydrogen-bond acceptors (Lipinski definition) is 2. The molecule has 1 amide bonds. The minimum atomic E-state index is 0.246. The average Bonchev–Trinajstić information content (AvgIpc) is 2.67. The van der Waals surface area contributed by atoms with E-state index in [0.29, 0.717) is 17.7 Å². The van der Waals surface area contributed by atoms with Crippen LogP contribution in [0.1, 0.15) is 53.4 Å². The first-order chi connectivity index (χ1) is 8.35. The SMILES string of the molecule is CC(C)C1CC(=O)N(CCCCC(C)(C)CN)C1. The zero-order valence-corrected chi connectivity index (χ0v) is 12.5. The molecule has 3 nitrogen and oxygen atoms in total. The van der Waals surface area contributed by atoms with Crippen LogP contribution in [0.5, 0.6) is 0 Å². The van der Waals surface area contributed by atoms with Gasteiger partial charge in [-0.25, -0.2) is 0 Å². The Balaban J connectivity index is 2.22. The second-order valence-electron chi connectivity index (χ2n) is 6.87. The van der Waals surface area contributed by atoms with Gasteiger partial charge in [-0.1, -0.05) is 34.1 Å². The van der Waals surface area contributed by atoms with E-state index < -0.39 is 0 Å². The van der Waals surface area contributed by atoms with E-state index in [-0.39, 0.29) is 5.41 Å². The molecule has 1 aliphatic rings. The number of amides is 1. The van der Waals surface area contributed by atoms with Crippen LogP contribution in [0.2, 0.25) is 0 Å². The van der Waals surface area contributed by atoms with Gasteiger partial charge in [-0.3, -0.25) is 4.79 Å². The Labute approximate surface area is 112 Å². The molecular formula is C15H30N2O. The average molecular weight is 254 g/mol. The molecule has 0 aromatic heterocycles. The lowest BCUT2D eigenvalue weighted by Crippen LogP contribution is -2.27. The lowest BCUT2D eigenvalue weighted by molar-refractivity contribution is -0.127. The Morgan fingerprint density at radius 1 is 1.39 bits per heavy atom. The molecule has 1 saturated heterocycles. The van der Waals surface area contributed by atoms with Gasteiger partial charge in [0, 0.05) is 19.5 Å². The number of carbonyl (C=O) groups is 1. The third-order valence-corrected chi connectivity index (χ3v) is 4.27. The molecule has 1 aliphatic heterocycles. The molecule has 1 heterocycles. The maximum atomic E-state index is 11.8. The van der Waals surface area contributed by atoms with E-state index >= 15 is 0 Å². The number of hydrogen-bond donors (Lipinski definition) is 1. The van der Waals surface area contributed by atoms with Gasteiger partial charge in [-0.15, -0.1) is 0 Å². The van der Waals surface area contributed by atoms with Crippen molar-refractivity contribution < 1.29 is 4.79 Å². The standard InChI is InChI=1S/C15H30N2O/c1-12(2)13-9-14(18)17(10-13)8-6-5-7-15(3,4)11-16/h12-13H,5-11,16H2,1-4H3. The molecule has 0 radical (unpaired) electrons. The van der Waals surface area contributed by atoms with Crippen LogP contribution in [0.25, 0.3) is 0 Å². The van der Waals surface area contributed by atoms with Crippen molar-refractivity contribution in [2.45, 2.75) is 53.4 Å². The van der Waals surface area contributed by atoms with E-state index in [1.165, 1.54) is 6.42 Å². The third-order valence-electron chi connectivity index (χ3n) is 4.27. The summed E-state index contributed by atoms with van der Waals surface area (Å²) < 4.78 is 0. The summed E-state index contributed by atoms with van der Waals surface area (Å²) in [6.45, 7) is 11.5. The highest BCUT2D eigenvalue weighted by Crippen LogP contribution is 2.26. The Morgan fingerprint density at radius 2 is 2.06 bits per heavy atom. The quantitative estimate of drug-likeness (QED) is 0.710. The highest BCUT2D eigenvalue weighted by Gasteiger charge is 2.30. The van der Waals surface area contributed by atoms with Crippen LogP contribution in [0.15, 0.2) is 0 Å². The summed E-state index contributed by atoms with van der Waals surface area (Å²) in [4.78, 5) is 13.9. The fraction of sp³-hybridized carbons (Fsp3) is 0.933. The van der Waals surface area contributed by atoms with Crippen molar-refractivity contribution in [3.8, 4) is 0 Å². The predicted octanol–water partition coefficient (Wildman–Crippen LogP) is 2.65. The highest BCUT2D eigenvalue weighted by molar-refractivity contribution is 5.78. The molecule has 0 aromatic carbocycles. The van der Waals surface area contributed by atoms with Gasteiger partial charge >= 0.3 is 0 Å². The number of unbranched alkanes of at least 4 members (excludes halogenated alkanes) is 1. The first-order valence-electron chi connectivity index (χ1n) is 7.33. The second-order valence-corrected chi connectivity index (χ2v) is 6.87. The molecule has 0 spiro atoms. The lowest BCUT2D eigenvalue weighted by Gasteiger charge is -2.23. The van der Waals surface area contributed by atoms with Gasteiger partial charge in [0.1, 0.15) is 0 Å². The van der Waals surface area contributed by atoms with Crippen LogP contribution in [0.3, 0.4) is 0 Å². The van der Waals surface area contributed by atoms with Crippen LogP contribution in [-0.2, 0) is 4.79 Å². The van der Waals surface area contributed by atoms with E-state index in [0.717, 1.165) is 38.9 Å². The molecule has 1 rings (SSSR count). The van der Waals surface area contributed by atoms with Crippen molar-refractivity contribution in [2.24, 2.45) is 23.0 Å². The summed E-state index contributed by atoms with van der Waals surface area (Å²) in [6, 6.07) is 0. The maximum absolute atomic E-state index is 11.8. The Hall–Kier alpha value is -0.570. The molecule has 1 unspecified atom stereocenters. The summed E-state index contributed by atoms with van der Waals surface area (Å²) >= 11 is 0. The number of nitrogens with zero attached hydrogens (tertiary/aromatic N) is 1. The summed E-state index contributed by atoms with van der Waals surface area (Å²) in [5.41, 5.74) is 5.97. The van der Waals surface area contributed by atoms with Crippen LogP contribution >= 0.6 is 0 Å². The first-order valence-corrected chi connectivity index (χ1v) is 7.33. The second kappa shape index (κ2) is 6.55. The topological polar surface area (TPSA) is 46.3 Å². The Morgan fingerprint density at radius 3 is 2.56 bits per heavy atom. The Kier molecular flexibility index (Phi) is 5.64. The van der Waals surface area contributed by atoms with Gasteiger partial charge in [-0.05, 0) is 36.6 Å². The zero-order valence-electron chi connectivity index (χ0n) is 12.5. The van der Waals surface area contributed by atoms with Gasteiger partial charge in [-0.2, -0.15) is 0 Å². The van der Waals surface area contributed by atoms with Gasteiger partial charge in [0.05, 0.1) is 0 Å². The van der Waals surface area contributed by atoms with Crippen molar-refractivity contribution in [3.05, 3.63) is 0 Å². The highest BCUT2D eigenvalue weighted by atomic mass is 16.2. The van der Waals surface area contributed by atoms with Crippen molar-refractivity contribution >= 4 is 5.91 Å². The molecule has 0 saturated carbocycles. The minimum Gasteiger partial charge on any atom is -0.342 e. The van der Waals surface area contributed by atoms with Crippen LogP contribution in [0, 0.1) is 17.3 Å². The molecule has 1 atom stereocenters. The number of carbonyl (C=O) groups excluding carboxylic acids is 1. The summed E-state index contributed by atoms with van der Waals surface area (Å²) in [7, 11) is 0. The molecule has 0 bridgehead atoms. The molecule has 18 heavy (non-hydrogen) atoms. The smallest absolute Gasteiger partial charge is 0.222 e. The van der Waals surface area contributed by atoms with Crippen molar-refractivity contribution in [1.82, 2.24) is 4.90 Å². The zero-order chi connectivity index (χ0) is 13.8. The number of likely N-dealkylation sites (tertiary alicyclic amines) is 1. The first kappa shape index (κ1) is 15.5. The maximum Gasteiger partial charge on any atom is 0.222 e. The van der Waals surface area contributed by atoms with Gasteiger partial charge in [0.25, 0.3) is 0 Å². The molecule has 1 fully saturated rings. The van der Waals surface area contributed by atoms with Crippen molar-refractivity contribution in [3.63, 3.8) is 0 Å². The van der Waals surface area contributed by atoms with Gasteiger partial charge in [0.15, 0.2) is 0 Å². The van der Waals surface area contributed by atoms with E-state index in [9.17, 15) is 4.79 Å². The van der Waals surface area contributed by atoms with E-state index in [1.54, 1.807) is 0 Å². The minimum absolute atomic E-state index is 0.246. The largest absolute Gasteiger partial charge is 0.342 e. The van der Waals surface area contributed by atoms with Crippen LogP contribution in [-0.4, -0.2) is 30.4 Å². The van der Waals surface area contributed by atoms with Gasteiger partial charge < -0.3 is 10.6 Å². The van der Waals surface area contributed by atoms with Gasteiger partial charge in [0.2, 0.25) is 5.91 Å². The molecule has 2 N–H and O–H groups in total. The third kappa shape index (κ3) is 4.60. The molecule has 106 valence electrons. The lowest BCUT2D eigenvalue weighted by atomic mass is 9.87. The fourth-order valence-corrected chi connectivity index (χ4v) is 2.47. The molecular weight excluding hydrogens is 224 g/mol. The number of nitrogens with two attached hydrogens (primary N) is 1. The number of rotatable bonds is 7. The van der Waals surface area contributed by atoms with Crippen molar-refractivity contribution in [2.75, 3.05) is 19.6 Å². The molecule has 0 aliphatic carbocycles.